The smallest absolute Gasteiger partial charge is 0.276 e. The van der Waals surface area contributed by atoms with Crippen LogP contribution in [0, 0.1) is 0 Å². The summed E-state index contributed by atoms with van der Waals surface area (Å²) in [5.41, 5.74) is 5.35. The predicted octanol–water partition coefficient (Wildman–Crippen LogP) is 0.674. The van der Waals surface area contributed by atoms with Gasteiger partial charge in [0.05, 0.1) is 19.8 Å². The normalized spacial score (nSPS) is 10.9. The molecule has 1 heterocycles. The highest BCUT2D eigenvalue weighted by Crippen LogP contribution is 2.16. The van der Waals surface area contributed by atoms with Crippen LogP contribution in [0.15, 0.2) is 9.64 Å². The molecule has 0 aliphatic heterocycles. The minimum Gasteiger partial charge on any atom is -0.415 e. The topological polar surface area (TPSA) is 83.4 Å². The van der Waals surface area contributed by atoms with Crippen LogP contribution in [0.4, 0.5) is 0 Å². The van der Waals surface area contributed by atoms with Crippen molar-refractivity contribution in [2.24, 2.45) is 5.73 Å². The summed E-state index contributed by atoms with van der Waals surface area (Å²) in [5, 5.41) is 8.17. The average molecular weight is 247 g/mol. The Labute approximate surface area is 98.9 Å². The van der Waals surface area contributed by atoms with Gasteiger partial charge in [0.1, 0.15) is 0 Å². The van der Waals surface area contributed by atoms with Crippen LogP contribution in [-0.4, -0.2) is 42.9 Å². The van der Waals surface area contributed by atoms with E-state index in [1.807, 2.05) is 0 Å². The van der Waals surface area contributed by atoms with Crippen molar-refractivity contribution >= 4 is 11.8 Å². The van der Waals surface area contributed by atoms with Crippen LogP contribution >= 0.6 is 11.8 Å². The maximum Gasteiger partial charge on any atom is 0.276 e. The van der Waals surface area contributed by atoms with E-state index >= 15 is 0 Å². The lowest BCUT2D eigenvalue weighted by atomic mass is 10.5. The van der Waals surface area contributed by atoms with Gasteiger partial charge in [-0.2, -0.15) is 0 Å². The first-order valence-corrected chi connectivity index (χ1v) is 6.07. The third kappa shape index (κ3) is 5.45. The molecule has 0 aliphatic rings. The Kier molecular flexibility index (Phi) is 7.15. The highest BCUT2D eigenvalue weighted by atomic mass is 32.2. The lowest BCUT2D eigenvalue weighted by Crippen LogP contribution is -2.03. The highest BCUT2D eigenvalue weighted by molar-refractivity contribution is 7.99. The van der Waals surface area contributed by atoms with Crippen LogP contribution in [0.25, 0.3) is 0 Å². The van der Waals surface area contributed by atoms with E-state index in [-0.39, 0.29) is 6.54 Å². The summed E-state index contributed by atoms with van der Waals surface area (Å²) in [7, 11) is 1.66. The molecule has 0 saturated carbocycles. The van der Waals surface area contributed by atoms with Gasteiger partial charge in [-0.3, -0.25) is 0 Å². The molecule has 16 heavy (non-hydrogen) atoms. The van der Waals surface area contributed by atoms with Crippen molar-refractivity contribution in [3.8, 4) is 0 Å². The molecule has 2 N–H and O–H groups in total. The molecule has 0 spiro atoms. The largest absolute Gasteiger partial charge is 0.415 e. The molecule has 6 nitrogen and oxygen atoms in total. The number of nitrogens with zero attached hydrogens (tertiary/aromatic N) is 2. The van der Waals surface area contributed by atoms with Gasteiger partial charge < -0.3 is 19.6 Å². The second kappa shape index (κ2) is 8.51. The van der Waals surface area contributed by atoms with Crippen molar-refractivity contribution in [1.29, 1.82) is 0 Å². The standard InChI is InChI=1S/C9H17N3O3S/c1-13-4-5-14-3-2-6-16-9-12-11-8(7-10)15-9/h2-7,10H2,1H3. The van der Waals surface area contributed by atoms with Gasteiger partial charge in [0.15, 0.2) is 0 Å². The Morgan fingerprint density at radius 3 is 2.88 bits per heavy atom. The zero-order valence-electron chi connectivity index (χ0n) is 9.35. The lowest BCUT2D eigenvalue weighted by molar-refractivity contribution is 0.0713. The first-order chi connectivity index (χ1) is 7.86. The van der Waals surface area contributed by atoms with E-state index in [1.165, 1.54) is 11.8 Å². The molecule has 1 aromatic heterocycles. The van der Waals surface area contributed by atoms with Crippen molar-refractivity contribution < 1.29 is 13.9 Å². The van der Waals surface area contributed by atoms with Gasteiger partial charge in [-0.25, -0.2) is 0 Å². The molecule has 0 amide bonds. The van der Waals surface area contributed by atoms with Crippen molar-refractivity contribution in [3.63, 3.8) is 0 Å². The van der Waals surface area contributed by atoms with E-state index in [1.54, 1.807) is 7.11 Å². The molecule has 0 aromatic carbocycles. The summed E-state index contributed by atoms with van der Waals surface area (Å²) in [6.07, 6.45) is 0.939. The molecule has 0 saturated heterocycles. The van der Waals surface area contributed by atoms with Crippen LogP contribution in [0.5, 0.6) is 0 Å². The lowest BCUT2D eigenvalue weighted by Gasteiger charge is -2.01. The molecule has 0 unspecified atom stereocenters. The maximum atomic E-state index is 5.35. The van der Waals surface area contributed by atoms with Gasteiger partial charge in [-0.15, -0.1) is 10.2 Å². The van der Waals surface area contributed by atoms with E-state index in [4.69, 9.17) is 19.6 Å². The zero-order chi connectivity index (χ0) is 11.6. The molecule has 92 valence electrons. The molecule has 0 fully saturated rings. The minimum atomic E-state index is 0.285. The minimum absolute atomic E-state index is 0.285. The number of ether oxygens (including phenoxy) is 2. The van der Waals surface area contributed by atoms with Gasteiger partial charge in [0, 0.05) is 19.5 Å². The Bertz CT molecular complexity index is 283. The second-order valence-electron chi connectivity index (χ2n) is 2.97. The first-order valence-electron chi connectivity index (χ1n) is 5.08. The average Bonchev–Trinajstić information content (AvgIpc) is 2.76. The fraction of sp³-hybridized carbons (Fsp3) is 0.778. The van der Waals surface area contributed by atoms with E-state index in [2.05, 4.69) is 10.2 Å². The van der Waals surface area contributed by atoms with Gasteiger partial charge in [0.2, 0.25) is 5.89 Å². The third-order valence-corrected chi connectivity index (χ3v) is 2.62. The number of hydrogen-bond acceptors (Lipinski definition) is 7. The summed E-state index contributed by atoms with van der Waals surface area (Å²) < 4.78 is 15.4. The fourth-order valence-corrected chi connectivity index (χ4v) is 1.63. The molecular weight excluding hydrogens is 230 g/mol. The van der Waals surface area contributed by atoms with Gasteiger partial charge >= 0.3 is 0 Å². The highest BCUT2D eigenvalue weighted by Gasteiger charge is 2.03. The third-order valence-electron chi connectivity index (χ3n) is 1.71. The molecule has 0 bridgehead atoms. The van der Waals surface area contributed by atoms with Crippen LogP contribution in [0.2, 0.25) is 0 Å². The first kappa shape index (κ1) is 13.4. The van der Waals surface area contributed by atoms with Gasteiger partial charge in [-0.05, 0) is 6.42 Å². The predicted molar refractivity (Wildman–Crippen MR) is 60.2 cm³/mol. The summed E-state index contributed by atoms with van der Waals surface area (Å²) >= 11 is 1.51. The maximum absolute atomic E-state index is 5.35. The van der Waals surface area contributed by atoms with Crippen molar-refractivity contribution in [2.75, 3.05) is 32.7 Å². The molecule has 1 rings (SSSR count). The number of methoxy groups -OCH3 is 1. The summed E-state index contributed by atoms with van der Waals surface area (Å²) in [6.45, 7) is 2.28. The number of rotatable bonds is 9. The summed E-state index contributed by atoms with van der Waals surface area (Å²) in [6, 6.07) is 0. The van der Waals surface area contributed by atoms with Gasteiger partial charge in [-0.1, -0.05) is 11.8 Å². The fourth-order valence-electron chi connectivity index (χ4n) is 0.944. The summed E-state index contributed by atoms with van der Waals surface area (Å²) in [5.74, 6) is 1.36. The van der Waals surface area contributed by atoms with E-state index in [0.29, 0.717) is 30.9 Å². The molecule has 0 atom stereocenters. The Morgan fingerprint density at radius 1 is 1.31 bits per heavy atom. The van der Waals surface area contributed by atoms with Crippen LogP contribution in [-0.2, 0) is 16.0 Å². The molecule has 0 aliphatic carbocycles. The zero-order valence-corrected chi connectivity index (χ0v) is 10.2. The molecule has 1 aromatic rings. The van der Waals surface area contributed by atoms with Crippen LogP contribution in [0.1, 0.15) is 12.3 Å². The second-order valence-corrected chi connectivity index (χ2v) is 4.02. The summed E-state index contributed by atoms with van der Waals surface area (Å²) in [4.78, 5) is 0. The van der Waals surface area contributed by atoms with E-state index in [9.17, 15) is 0 Å². The Morgan fingerprint density at radius 2 is 2.19 bits per heavy atom. The number of aromatic nitrogens is 2. The molecule has 0 radical (unpaired) electrons. The number of thioether (sulfide) groups is 1. The SMILES string of the molecule is COCCOCCCSc1nnc(CN)o1. The van der Waals surface area contributed by atoms with Gasteiger partial charge in [0.25, 0.3) is 5.22 Å². The molecular formula is C9H17N3O3S. The molecule has 7 heteroatoms. The quantitative estimate of drug-likeness (QED) is 0.507. The van der Waals surface area contributed by atoms with Crippen LogP contribution < -0.4 is 5.73 Å². The monoisotopic (exact) mass is 247 g/mol. The Hall–Kier alpha value is -0.630. The Balaban J connectivity index is 1.98. The number of hydrogen-bond donors (Lipinski definition) is 1. The van der Waals surface area contributed by atoms with E-state index in [0.717, 1.165) is 12.2 Å². The van der Waals surface area contributed by atoms with Crippen molar-refractivity contribution in [3.05, 3.63) is 5.89 Å². The number of nitrogens with two attached hydrogens (primary N) is 1. The van der Waals surface area contributed by atoms with E-state index < -0.39 is 0 Å². The van der Waals surface area contributed by atoms with Crippen molar-refractivity contribution in [1.82, 2.24) is 10.2 Å². The van der Waals surface area contributed by atoms with Crippen molar-refractivity contribution in [2.45, 2.75) is 18.2 Å². The van der Waals surface area contributed by atoms with Crippen LogP contribution in [0.3, 0.4) is 0 Å².